The number of nitrogens with zero attached hydrogens (tertiary/aromatic N) is 3. The molecule has 0 atom stereocenters. The third-order valence-electron chi connectivity index (χ3n) is 6.57. The molecule has 202 valence electrons. The lowest BCUT2D eigenvalue weighted by atomic mass is 10.2. The van der Waals surface area contributed by atoms with Crippen LogP contribution in [0.25, 0.3) is 0 Å². The summed E-state index contributed by atoms with van der Waals surface area (Å²) in [4.78, 5) is 2.71. The van der Waals surface area contributed by atoms with Gasteiger partial charge in [0.15, 0.2) is 0 Å². The lowest BCUT2D eigenvalue weighted by Gasteiger charge is -2.30. The summed E-state index contributed by atoms with van der Waals surface area (Å²) >= 11 is 0. The molecule has 0 N–H and O–H groups in total. The van der Waals surface area contributed by atoms with Gasteiger partial charge in [0.05, 0.1) is 9.79 Å². The van der Waals surface area contributed by atoms with Crippen molar-refractivity contribution in [1.29, 1.82) is 0 Å². The van der Waals surface area contributed by atoms with Gasteiger partial charge in [0.1, 0.15) is 0 Å². The van der Waals surface area contributed by atoms with Gasteiger partial charge in [-0.3, -0.25) is 4.90 Å². The normalized spacial score (nSPS) is 17.9. The average Bonchev–Trinajstić information content (AvgIpc) is 2.92. The molecule has 0 spiro atoms. The second-order valence-corrected chi connectivity index (χ2v) is 13.4. The Balaban J connectivity index is 1.62. The van der Waals surface area contributed by atoms with Gasteiger partial charge in [-0.15, -0.1) is 0 Å². The highest BCUT2D eigenvalue weighted by Crippen LogP contribution is 2.21. The summed E-state index contributed by atoms with van der Waals surface area (Å²) in [6.07, 6.45) is 1.30. The van der Waals surface area contributed by atoms with E-state index in [9.17, 15) is 16.8 Å². The highest BCUT2D eigenvalue weighted by molar-refractivity contribution is 7.89. The predicted molar refractivity (Wildman–Crippen MR) is 150 cm³/mol. The summed E-state index contributed by atoms with van der Waals surface area (Å²) in [5, 5.41) is 0. The molecular formula is C29H35N3O4S2. The Morgan fingerprint density at radius 1 is 0.579 bits per heavy atom. The van der Waals surface area contributed by atoms with E-state index < -0.39 is 20.0 Å². The Kier molecular flexibility index (Phi) is 9.51. The second-order valence-electron chi connectivity index (χ2n) is 9.52. The van der Waals surface area contributed by atoms with Crippen LogP contribution in [-0.4, -0.2) is 69.6 Å². The highest BCUT2D eigenvalue weighted by atomic mass is 32.2. The molecular weight excluding hydrogens is 518 g/mol. The average molecular weight is 554 g/mol. The van der Waals surface area contributed by atoms with Crippen molar-refractivity contribution < 1.29 is 16.8 Å². The van der Waals surface area contributed by atoms with Gasteiger partial charge in [-0.2, -0.15) is 8.61 Å². The zero-order valence-electron chi connectivity index (χ0n) is 21.5. The zero-order valence-corrected chi connectivity index (χ0v) is 23.2. The molecule has 0 aliphatic carbocycles. The molecule has 4 rings (SSSR count). The maximum absolute atomic E-state index is 13.6. The number of hydrogen-bond acceptors (Lipinski definition) is 5. The van der Waals surface area contributed by atoms with Gasteiger partial charge in [0, 0.05) is 32.7 Å². The minimum absolute atomic E-state index is 0.0523. The van der Waals surface area contributed by atoms with Gasteiger partial charge in [0.25, 0.3) is 0 Å². The van der Waals surface area contributed by atoms with E-state index in [2.05, 4.69) is 23.6 Å². The fourth-order valence-electron chi connectivity index (χ4n) is 4.65. The second kappa shape index (κ2) is 12.8. The minimum atomic E-state index is -3.78. The molecule has 0 bridgehead atoms. The van der Waals surface area contributed by atoms with Crippen LogP contribution < -0.4 is 0 Å². The Morgan fingerprint density at radius 3 is 1.39 bits per heavy atom. The summed E-state index contributed by atoms with van der Waals surface area (Å²) in [5.74, 6) is 0. The third kappa shape index (κ3) is 7.18. The van der Waals surface area contributed by atoms with Crippen LogP contribution in [0.5, 0.6) is 0 Å². The molecule has 1 aliphatic rings. The van der Waals surface area contributed by atoms with E-state index in [0.717, 1.165) is 5.56 Å². The third-order valence-corrected chi connectivity index (χ3v) is 10.3. The molecule has 1 aliphatic heterocycles. The highest BCUT2D eigenvalue weighted by Gasteiger charge is 2.29. The number of benzene rings is 3. The SMILES string of the molecule is C=C1CN(S(=O)(=O)c2ccccc2)CCCN(Cc2ccccc2)CCCN(S(=O)(=O)c2ccccc2)C1. The smallest absolute Gasteiger partial charge is 0.243 e. The van der Waals surface area contributed by atoms with E-state index >= 15 is 0 Å². The van der Waals surface area contributed by atoms with Crippen molar-refractivity contribution in [2.75, 3.05) is 39.3 Å². The number of rotatable bonds is 6. The molecule has 0 amide bonds. The molecule has 1 heterocycles. The molecule has 3 aromatic carbocycles. The molecule has 1 saturated heterocycles. The largest absolute Gasteiger partial charge is 0.299 e. The van der Waals surface area contributed by atoms with Gasteiger partial charge in [-0.25, -0.2) is 16.8 Å². The summed E-state index contributed by atoms with van der Waals surface area (Å²) in [6, 6.07) is 26.8. The minimum Gasteiger partial charge on any atom is -0.299 e. The van der Waals surface area contributed by atoms with E-state index in [1.165, 1.54) is 8.61 Å². The van der Waals surface area contributed by atoms with E-state index in [1.54, 1.807) is 60.7 Å². The molecule has 0 aromatic heterocycles. The molecule has 0 saturated carbocycles. The fourth-order valence-corrected chi connectivity index (χ4v) is 7.70. The summed E-state index contributed by atoms with van der Waals surface area (Å²) in [7, 11) is -7.56. The van der Waals surface area contributed by atoms with Gasteiger partial charge in [0.2, 0.25) is 20.0 Å². The van der Waals surface area contributed by atoms with Crippen LogP contribution in [0.1, 0.15) is 18.4 Å². The standard InChI is InChI=1S/C29H35N3O4S2/c1-26-23-31(37(33,34)28-15-7-3-8-16-28)21-11-19-30(25-27-13-5-2-6-14-27)20-12-22-32(24-26)38(35,36)29-17-9-4-10-18-29/h2-10,13-18H,1,11-12,19-25H2. The van der Waals surface area contributed by atoms with Crippen molar-refractivity contribution in [2.24, 2.45) is 0 Å². The van der Waals surface area contributed by atoms with Crippen LogP contribution in [0.4, 0.5) is 0 Å². The first-order valence-electron chi connectivity index (χ1n) is 12.8. The first kappa shape index (κ1) is 28.2. The Bertz CT molecular complexity index is 1310. The van der Waals surface area contributed by atoms with Gasteiger partial charge in [-0.1, -0.05) is 73.3 Å². The summed E-state index contributed by atoms with van der Waals surface area (Å²) in [6.45, 7) is 6.92. The van der Waals surface area contributed by atoms with Crippen LogP contribution in [-0.2, 0) is 26.6 Å². The van der Waals surface area contributed by atoms with Crippen molar-refractivity contribution >= 4 is 20.0 Å². The number of hydrogen-bond donors (Lipinski definition) is 0. The van der Waals surface area contributed by atoms with Crippen LogP contribution in [0.15, 0.2) is 113 Å². The summed E-state index contributed by atoms with van der Waals surface area (Å²) < 4.78 is 57.1. The van der Waals surface area contributed by atoms with Crippen molar-refractivity contribution in [3.05, 3.63) is 109 Å². The van der Waals surface area contributed by atoms with Crippen molar-refractivity contribution in [1.82, 2.24) is 13.5 Å². The van der Waals surface area contributed by atoms with E-state index in [-0.39, 0.29) is 22.9 Å². The van der Waals surface area contributed by atoms with E-state index in [1.807, 2.05) is 18.2 Å². The first-order chi connectivity index (χ1) is 18.3. The molecule has 7 nitrogen and oxygen atoms in total. The Morgan fingerprint density at radius 2 is 0.974 bits per heavy atom. The van der Waals surface area contributed by atoms with Gasteiger partial charge >= 0.3 is 0 Å². The molecule has 0 radical (unpaired) electrons. The predicted octanol–water partition coefficient (Wildman–Crippen LogP) is 4.22. The zero-order chi connectivity index (χ0) is 27.0. The Labute approximate surface area is 227 Å². The summed E-state index contributed by atoms with van der Waals surface area (Å²) in [5.41, 5.74) is 1.70. The van der Waals surface area contributed by atoms with Crippen molar-refractivity contribution in [3.8, 4) is 0 Å². The van der Waals surface area contributed by atoms with Gasteiger partial charge in [-0.05, 0) is 61.3 Å². The Hall–Kier alpha value is -2.82. The molecule has 38 heavy (non-hydrogen) atoms. The van der Waals surface area contributed by atoms with Gasteiger partial charge < -0.3 is 0 Å². The van der Waals surface area contributed by atoms with Crippen LogP contribution in [0.3, 0.4) is 0 Å². The lowest BCUT2D eigenvalue weighted by molar-refractivity contribution is 0.238. The monoisotopic (exact) mass is 553 g/mol. The maximum Gasteiger partial charge on any atom is 0.243 e. The van der Waals surface area contributed by atoms with E-state index in [0.29, 0.717) is 51.1 Å². The lowest BCUT2D eigenvalue weighted by Crippen LogP contribution is -2.41. The van der Waals surface area contributed by atoms with E-state index in [4.69, 9.17) is 0 Å². The quantitative estimate of drug-likeness (QED) is 0.427. The molecule has 9 heteroatoms. The van der Waals surface area contributed by atoms with Crippen LogP contribution in [0, 0.1) is 0 Å². The van der Waals surface area contributed by atoms with Crippen LogP contribution in [0.2, 0.25) is 0 Å². The number of sulfonamides is 2. The molecule has 1 fully saturated rings. The van der Waals surface area contributed by atoms with Crippen molar-refractivity contribution in [3.63, 3.8) is 0 Å². The molecule has 0 unspecified atom stereocenters. The van der Waals surface area contributed by atoms with Crippen molar-refractivity contribution in [2.45, 2.75) is 29.2 Å². The fraction of sp³-hybridized carbons (Fsp3) is 0.310. The molecule has 3 aromatic rings. The topological polar surface area (TPSA) is 78.0 Å². The van der Waals surface area contributed by atoms with Crippen LogP contribution >= 0.6 is 0 Å². The first-order valence-corrected chi connectivity index (χ1v) is 15.7. The maximum atomic E-state index is 13.6.